The number of aromatic hydroxyl groups is 1. The third-order valence-corrected chi connectivity index (χ3v) is 11.4. The number of benzene rings is 2. The minimum Gasteiger partial charge on any atom is -0.508 e. The maximum Gasteiger partial charge on any atom is 0.319 e. The van der Waals surface area contributed by atoms with Crippen molar-refractivity contribution >= 4 is 39.5 Å². The molecule has 4 atom stereocenters. The van der Waals surface area contributed by atoms with E-state index in [1.165, 1.54) is 49.1 Å². The highest BCUT2D eigenvalue weighted by molar-refractivity contribution is 6.03. The Morgan fingerprint density at radius 2 is 1.91 bits per heavy atom. The van der Waals surface area contributed by atoms with Crippen LogP contribution in [0.5, 0.6) is 11.8 Å². The Morgan fingerprint density at radius 1 is 1.09 bits per heavy atom. The lowest BCUT2D eigenvalue weighted by molar-refractivity contribution is -0.131. The van der Waals surface area contributed by atoms with Crippen LogP contribution in [0, 0.1) is 24.0 Å². The number of aromatic nitrogens is 5. The van der Waals surface area contributed by atoms with Crippen molar-refractivity contribution in [2.45, 2.75) is 55.9 Å². The van der Waals surface area contributed by atoms with E-state index in [4.69, 9.17) is 16.1 Å². The van der Waals surface area contributed by atoms with Crippen molar-refractivity contribution in [2.75, 3.05) is 37.7 Å². The Hall–Kier alpha value is -5.88. The molecular formula is C40H34F4N8O3. The lowest BCUT2D eigenvalue weighted by Gasteiger charge is -2.41. The smallest absolute Gasteiger partial charge is 0.319 e. The molecule has 4 saturated heterocycles. The largest absolute Gasteiger partial charge is 0.508 e. The summed E-state index contributed by atoms with van der Waals surface area (Å²) in [4.78, 5) is 40.7. The Balaban J connectivity index is 1.12. The number of hydrogen-bond acceptors (Lipinski definition) is 10. The summed E-state index contributed by atoms with van der Waals surface area (Å²) in [5.41, 5.74) is -0.762. The van der Waals surface area contributed by atoms with E-state index in [9.17, 15) is 18.7 Å². The molecule has 0 aliphatic carbocycles. The number of anilines is 1. The lowest BCUT2D eigenvalue weighted by atomic mass is 9.95. The number of rotatable bonds is 7. The van der Waals surface area contributed by atoms with Crippen LogP contribution in [0.15, 0.2) is 54.9 Å². The number of phenolic OH excluding ortho intramolecular Hbond substituents is 1. The number of alkyl halides is 1. The zero-order chi connectivity index (χ0) is 38.0. The molecule has 55 heavy (non-hydrogen) atoms. The van der Waals surface area contributed by atoms with Crippen LogP contribution in [0.25, 0.3) is 39.0 Å². The molecule has 11 nitrogen and oxygen atoms in total. The molecule has 0 unspecified atom stereocenters. The summed E-state index contributed by atoms with van der Waals surface area (Å²) in [6, 6.07) is 4.37. The van der Waals surface area contributed by atoms with E-state index < -0.39 is 35.1 Å². The van der Waals surface area contributed by atoms with E-state index in [-0.39, 0.29) is 82.3 Å². The number of piperazine rings is 1. The molecule has 4 aliphatic rings. The zero-order valence-corrected chi connectivity index (χ0v) is 29.4. The molecule has 280 valence electrons. The van der Waals surface area contributed by atoms with E-state index >= 15 is 8.78 Å². The van der Waals surface area contributed by atoms with Crippen molar-refractivity contribution < 1.29 is 32.2 Å². The third-order valence-electron chi connectivity index (χ3n) is 11.4. The normalized spacial score (nSPS) is 23.8. The highest BCUT2D eigenvalue weighted by Gasteiger charge is 2.50. The standard InChI is InChI=1S/C40H34F4N8O3/c1-2-28-31(42)7-4-22-12-27(53)14-29(33(22)28)35-34(44)36-30(17-47-35)37(49-39(48-36)55-21-40-8-3-11-51(40)18-23(41)15-40)50-19-25-5-6-26(20-50)52(25)38(54)32(43)13-24-16-45-9-10-46-24/h1,4,7,9-10,12-14,16-17,23,25-26,53H,3,5-6,8,11,15,18-21H2/b32-13-/t23-,25-,26+,40+/m1/s1. The fourth-order valence-electron chi connectivity index (χ4n) is 9.02. The summed E-state index contributed by atoms with van der Waals surface area (Å²) in [5, 5.41) is 11.4. The second-order valence-corrected chi connectivity index (χ2v) is 14.7. The summed E-state index contributed by atoms with van der Waals surface area (Å²) in [5.74, 6) is -0.856. The van der Waals surface area contributed by atoms with E-state index in [2.05, 4.69) is 30.8 Å². The number of phenols is 1. The van der Waals surface area contributed by atoms with Crippen molar-refractivity contribution in [2.24, 2.45) is 0 Å². The maximum atomic E-state index is 17.1. The number of ether oxygens (including phenoxy) is 1. The van der Waals surface area contributed by atoms with Gasteiger partial charge in [-0.05, 0) is 55.8 Å². The molecule has 5 aromatic rings. The van der Waals surface area contributed by atoms with Crippen LogP contribution < -0.4 is 9.64 Å². The fourth-order valence-corrected chi connectivity index (χ4v) is 9.02. The highest BCUT2D eigenvalue weighted by Crippen LogP contribution is 2.43. The van der Waals surface area contributed by atoms with Crippen LogP contribution in [-0.2, 0) is 4.79 Å². The van der Waals surface area contributed by atoms with Crippen LogP contribution in [0.1, 0.15) is 43.4 Å². The van der Waals surface area contributed by atoms with Crippen LogP contribution in [0.3, 0.4) is 0 Å². The molecule has 7 heterocycles. The van der Waals surface area contributed by atoms with Crippen LogP contribution in [0.2, 0.25) is 0 Å². The summed E-state index contributed by atoms with van der Waals surface area (Å²) in [6.07, 6.45) is 14.5. The molecule has 0 spiro atoms. The third kappa shape index (κ3) is 5.95. The van der Waals surface area contributed by atoms with Crippen molar-refractivity contribution in [3.05, 3.63) is 77.8 Å². The van der Waals surface area contributed by atoms with Gasteiger partial charge in [0.05, 0.1) is 40.5 Å². The number of carbonyl (C=O) groups excluding carboxylic acids is 1. The van der Waals surface area contributed by atoms with Gasteiger partial charge in [0.15, 0.2) is 11.6 Å². The molecule has 1 amide bonds. The van der Waals surface area contributed by atoms with Gasteiger partial charge in [0.2, 0.25) is 0 Å². The van der Waals surface area contributed by atoms with Gasteiger partial charge in [0.25, 0.3) is 5.91 Å². The summed E-state index contributed by atoms with van der Waals surface area (Å²) in [6.45, 7) is 1.65. The van der Waals surface area contributed by atoms with Crippen LogP contribution in [-0.4, -0.2) is 102 Å². The Morgan fingerprint density at radius 3 is 2.67 bits per heavy atom. The predicted octanol–water partition coefficient (Wildman–Crippen LogP) is 5.75. The highest BCUT2D eigenvalue weighted by atomic mass is 19.1. The minimum atomic E-state index is -0.993. The van der Waals surface area contributed by atoms with Gasteiger partial charge >= 0.3 is 6.01 Å². The quantitative estimate of drug-likeness (QED) is 0.125. The second-order valence-electron chi connectivity index (χ2n) is 14.7. The summed E-state index contributed by atoms with van der Waals surface area (Å²) >= 11 is 0. The molecule has 2 aromatic carbocycles. The topological polar surface area (TPSA) is 121 Å². The molecule has 0 radical (unpaired) electrons. The fraction of sp³-hybridized carbons (Fsp3) is 0.350. The van der Waals surface area contributed by atoms with Crippen molar-refractivity contribution in [3.63, 3.8) is 0 Å². The van der Waals surface area contributed by atoms with E-state index in [1.54, 1.807) is 4.90 Å². The molecule has 0 saturated carbocycles. The van der Waals surface area contributed by atoms with E-state index in [0.29, 0.717) is 37.0 Å². The number of carbonyl (C=O) groups is 1. The van der Waals surface area contributed by atoms with Gasteiger partial charge in [-0.1, -0.05) is 12.0 Å². The summed E-state index contributed by atoms with van der Waals surface area (Å²) in [7, 11) is 0. The van der Waals surface area contributed by atoms with Gasteiger partial charge in [0, 0.05) is 61.7 Å². The van der Waals surface area contributed by atoms with Gasteiger partial charge in [0.1, 0.15) is 41.4 Å². The van der Waals surface area contributed by atoms with Gasteiger partial charge in [-0.15, -0.1) is 6.42 Å². The molecule has 2 bridgehead atoms. The zero-order valence-electron chi connectivity index (χ0n) is 29.4. The van der Waals surface area contributed by atoms with Gasteiger partial charge in [-0.25, -0.2) is 17.6 Å². The first kappa shape index (κ1) is 34.9. The number of nitrogens with zero attached hydrogens (tertiary/aromatic N) is 8. The number of terminal acetylenes is 1. The van der Waals surface area contributed by atoms with E-state index in [0.717, 1.165) is 25.5 Å². The lowest BCUT2D eigenvalue weighted by Crippen LogP contribution is -2.56. The van der Waals surface area contributed by atoms with E-state index in [1.807, 2.05) is 4.90 Å². The van der Waals surface area contributed by atoms with Crippen molar-refractivity contribution in [1.29, 1.82) is 0 Å². The SMILES string of the molecule is C#Cc1c(F)ccc2cc(O)cc(-c3ncc4c(N5C[C@H]6CC[C@@H](C5)N6C(=O)/C(F)=C/c5cnccn5)nc(OC[C@@]56CCCN5C[C@H](F)C6)nc4c3F)c12. The number of amides is 1. The number of pyridine rings is 1. The maximum absolute atomic E-state index is 17.1. The minimum absolute atomic E-state index is 0.0617. The molecule has 4 aliphatic heterocycles. The molecule has 4 fully saturated rings. The summed E-state index contributed by atoms with van der Waals surface area (Å²) < 4.78 is 68.2. The molecule has 15 heteroatoms. The van der Waals surface area contributed by atoms with Crippen LogP contribution in [0.4, 0.5) is 23.4 Å². The second kappa shape index (κ2) is 13.5. The van der Waals surface area contributed by atoms with Crippen molar-refractivity contribution in [1.82, 2.24) is 34.7 Å². The first-order valence-corrected chi connectivity index (χ1v) is 18.1. The average Bonchev–Trinajstić information content (AvgIpc) is 3.80. The van der Waals surface area contributed by atoms with Gasteiger partial charge < -0.3 is 19.6 Å². The van der Waals surface area contributed by atoms with Gasteiger partial charge in [-0.2, -0.15) is 9.97 Å². The molecule has 3 aromatic heterocycles. The number of halogens is 4. The monoisotopic (exact) mass is 750 g/mol. The number of fused-ring (bicyclic) bond motifs is 5. The first-order chi connectivity index (χ1) is 26.6. The average molecular weight is 751 g/mol. The number of hydrogen-bond donors (Lipinski definition) is 1. The predicted molar refractivity (Wildman–Crippen MR) is 195 cm³/mol. The van der Waals surface area contributed by atoms with Crippen molar-refractivity contribution in [3.8, 4) is 35.4 Å². The molecule has 9 rings (SSSR count). The van der Waals surface area contributed by atoms with Gasteiger partial charge in [-0.3, -0.25) is 24.6 Å². The van der Waals surface area contributed by atoms with Crippen LogP contribution >= 0.6 is 0 Å². The first-order valence-electron chi connectivity index (χ1n) is 18.1. The molecule has 1 N–H and O–H groups in total. The Bertz CT molecular complexity index is 2430. The Kier molecular flexibility index (Phi) is 8.53. The Labute approximate surface area is 312 Å². The molecular weight excluding hydrogens is 716 g/mol.